The maximum Gasteiger partial charge on any atom is 0.128 e. The zero-order valence-electron chi connectivity index (χ0n) is 12.7. The molecule has 0 saturated heterocycles. The van der Waals surface area contributed by atoms with E-state index in [-0.39, 0.29) is 6.10 Å². The van der Waals surface area contributed by atoms with E-state index < -0.39 is 0 Å². The molecule has 2 rings (SSSR count). The molecule has 3 unspecified atom stereocenters. The summed E-state index contributed by atoms with van der Waals surface area (Å²) >= 11 is 0. The van der Waals surface area contributed by atoms with Gasteiger partial charge >= 0.3 is 0 Å². The fourth-order valence-electron chi connectivity index (χ4n) is 2.84. The first-order valence-electron chi connectivity index (χ1n) is 7.75. The van der Waals surface area contributed by atoms with Gasteiger partial charge in [-0.25, -0.2) is 0 Å². The third-order valence-corrected chi connectivity index (χ3v) is 4.21. The molecule has 106 valence electrons. The number of para-hydroxylation sites is 1. The van der Waals surface area contributed by atoms with Crippen molar-refractivity contribution in [1.29, 1.82) is 0 Å². The van der Waals surface area contributed by atoms with E-state index in [0.717, 1.165) is 31.6 Å². The Hall–Kier alpha value is -1.02. The van der Waals surface area contributed by atoms with Gasteiger partial charge in [-0.1, -0.05) is 45.9 Å². The van der Waals surface area contributed by atoms with Crippen LogP contribution in [-0.4, -0.2) is 12.6 Å². The molecule has 1 aliphatic rings. The standard InChI is InChI=1S/C17H27NO/c1-5-11-18-16-14-10-8-9-13(12(4)6-2)17(14)19-15(16)7-3/h8-10,12,15-16,18H,5-7,11H2,1-4H3. The number of fused-ring (bicyclic) bond motifs is 1. The summed E-state index contributed by atoms with van der Waals surface area (Å²) in [4.78, 5) is 0. The Morgan fingerprint density at radius 1 is 1.26 bits per heavy atom. The minimum absolute atomic E-state index is 0.284. The molecule has 1 aromatic carbocycles. The highest BCUT2D eigenvalue weighted by Crippen LogP contribution is 2.43. The first-order chi connectivity index (χ1) is 9.22. The lowest BCUT2D eigenvalue weighted by molar-refractivity contribution is 0.183. The van der Waals surface area contributed by atoms with Gasteiger partial charge in [0.15, 0.2) is 0 Å². The summed E-state index contributed by atoms with van der Waals surface area (Å²) < 4.78 is 6.26. The van der Waals surface area contributed by atoms with Crippen molar-refractivity contribution in [2.45, 2.75) is 65.0 Å². The molecule has 1 aromatic rings. The van der Waals surface area contributed by atoms with Crippen molar-refractivity contribution in [2.75, 3.05) is 6.54 Å². The van der Waals surface area contributed by atoms with Gasteiger partial charge in [0.05, 0.1) is 6.04 Å². The van der Waals surface area contributed by atoms with Crippen molar-refractivity contribution < 1.29 is 4.74 Å². The van der Waals surface area contributed by atoms with E-state index in [1.54, 1.807) is 0 Å². The first-order valence-corrected chi connectivity index (χ1v) is 7.75. The zero-order valence-corrected chi connectivity index (χ0v) is 12.7. The molecule has 2 heteroatoms. The van der Waals surface area contributed by atoms with Gasteiger partial charge in [0.1, 0.15) is 11.9 Å². The minimum Gasteiger partial charge on any atom is -0.488 e. The van der Waals surface area contributed by atoms with Gasteiger partial charge in [0, 0.05) is 5.56 Å². The Morgan fingerprint density at radius 3 is 2.68 bits per heavy atom. The third kappa shape index (κ3) is 2.79. The molecular weight excluding hydrogens is 234 g/mol. The SMILES string of the molecule is CCCNC1c2cccc(C(C)CC)c2OC1CC. The molecule has 2 nitrogen and oxygen atoms in total. The molecule has 0 radical (unpaired) electrons. The van der Waals surface area contributed by atoms with Gasteiger partial charge in [-0.3, -0.25) is 0 Å². The number of hydrogen-bond acceptors (Lipinski definition) is 2. The lowest BCUT2D eigenvalue weighted by Crippen LogP contribution is -2.30. The normalized spacial score (nSPS) is 22.9. The average Bonchev–Trinajstić information content (AvgIpc) is 2.81. The Balaban J connectivity index is 2.32. The van der Waals surface area contributed by atoms with Crippen LogP contribution in [-0.2, 0) is 0 Å². The molecule has 1 heterocycles. The zero-order chi connectivity index (χ0) is 13.8. The van der Waals surface area contributed by atoms with Crippen molar-refractivity contribution in [3.05, 3.63) is 29.3 Å². The predicted molar refractivity (Wildman–Crippen MR) is 80.9 cm³/mol. The van der Waals surface area contributed by atoms with Crippen molar-refractivity contribution in [2.24, 2.45) is 0 Å². The fraction of sp³-hybridized carbons (Fsp3) is 0.647. The number of nitrogens with one attached hydrogen (secondary N) is 1. The number of ether oxygens (including phenoxy) is 1. The molecule has 19 heavy (non-hydrogen) atoms. The van der Waals surface area contributed by atoms with Crippen LogP contribution < -0.4 is 10.1 Å². The van der Waals surface area contributed by atoms with Crippen LogP contribution in [0, 0.1) is 0 Å². The van der Waals surface area contributed by atoms with E-state index in [4.69, 9.17) is 4.74 Å². The molecule has 0 bridgehead atoms. The van der Waals surface area contributed by atoms with Crippen LogP contribution in [0.15, 0.2) is 18.2 Å². The van der Waals surface area contributed by atoms with E-state index in [1.165, 1.54) is 11.1 Å². The van der Waals surface area contributed by atoms with Gasteiger partial charge in [-0.15, -0.1) is 0 Å². The number of benzene rings is 1. The fourth-order valence-corrected chi connectivity index (χ4v) is 2.84. The summed E-state index contributed by atoms with van der Waals surface area (Å²) in [6, 6.07) is 7.00. The Kier molecular flexibility index (Phi) is 4.87. The van der Waals surface area contributed by atoms with Crippen LogP contribution in [0.1, 0.15) is 70.0 Å². The highest BCUT2D eigenvalue weighted by atomic mass is 16.5. The van der Waals surface area contributed by atoms with Gasteiger partial charge in [0.2, 0.25) is 0 Å². The molecule has 1 aliphatic heterocycles. The highest BCUT2D eigenvalue weighted by molar-refractivity contribution is 5.48. The van der Waals surface area contributed by atoms with E-state index in [1.807, 2.05) is 0 Å². The smallest absolute Gasteiger partial charge is 0.128 e. The van der Waals surface area contributed by atoms with Crippen LogP contribution in [0.25, 0.3) is 0 Å². The highest BCUT2D eigenvalue weighted by Gasteiger charge is 2.34. The molecule has 0 saturated carbocycles. The quantitative estimate of drug-likeness (QED) is 0.819. The Morgan fingerprint density at radius 2 is 2.05 bits per heavy atom. The summed E-state index contributed by atoms with van der Waals surface area (Å²) in [6.45, 7) is 9.99. The van der Waals surface area contributed by atoms with Crippen LogP contribution in [0.5, 0.6) is 5.75 Å². The largest absolute Gasteiger partial charge is 0.488 e. The molecule has 0 spiro atoms. The summed E-state index contributed by atoms with van der Waals surface area (Å²) in [7, 11) is 0. The minimum atomic E-state index is 0.284. The maximum atomic E-state index is 6.26. The summed E-state index contributed by atoms with van der Waals surface area (Å²) in [5, 5.41) is 3.65. The van der Waals surface area contributed by atoms with E-state index in [2.05, 4.69) is 51.2 Å². The average molecular weight is 261 g/mol. The van der Waals surface area contributed by atoms with Crippen molar-refractivity contribution in [3.8, 4) is 5.75 Å². The number of rotatable bonds is 6. The molecule has 0 aromatic heterocycles. The van der Waals surface area contributed by atoms with Gasteiger partial charge in [-0.05, 0) is 37.3 Å². The number of hydrogen-bond donors (Lipinski definition) is 1. The third-order valence-electron chi connectivity index (χ3n) is 4.21. The molecule has 1 N–H and O–H groups in total. The maximum absolute atomic E-state index is 6.26. The topological polar surface area (TPSA) is 21.3 Å². The van der Waals surface area contributed by atoms with Crippen LogP contribution >= 0.6 is 0 Å². The second kappa shape index (κ2) is 6.42. The van der Waals surface area contributed by atoms with Crippen molar-refractivity contribution >= 4 is 0 Å². The monoisotopic (exact) mass is 261 g/mol. The van der Waals surface area contributed by atoms with Gasteiger partial charge < -0.3 is 10.1 Å². The second-order valence-corrected chi connectivity index (χ2v) is 5.57. The first kappa shape index (κ1) is 14.4. The van der Waals surface area contributed by atoms with Crippen LogP contribution in [0.2, 0.25) is 0 Å². The molecule has 0 aliphatic carbocycles. The molecular formula is C17H27NO. The van der Waals surface area contributed by atoms with E-state index in [0.29, 0.717) is 12.0 Å². The molecule has 0 fully saturated rings. The summed E-state index contributed by atoms with van der Waals surface area (Å²) in [6.07, 6.45) is 3.65. The van der Waals surface area contributed by atoms with Crippen LogP contribution in [0.3, 0.4) is 0 Å². The molecule has 3 atom stereocenters. The lowest BCUT2D eigenvalue weighted by Gasteiger charge is -2.18. The molecule has 0 amide bonds. The lowest BCUT2D eigenvalue weighted by atomic mass is 9.93. The van der Waals surface area contributed by atoms with E-state index in [9.17, 15) is 0 Å². The van der Waals surface area contributed by atoms with Crippen molar-refractivity contribution in [1.82, 2.24) is 5.32 Å². The second-order valence-electron chi connectivity index (χ2n) is 5.57. The summed E-state index contributed by atoms with van der Waals surface area (Å²) in [5.41, 5.74) is 2.73. The Labute approximate surface area is 117 Å². The van der Waals surface area contributed by atoms with E-state index >= 15 is 0 Å². The van der Waals surface area contributed by atoms with Crippen LogP contribution in [0.4, 0.5) is 0 Å². The van der Waals surface area contributed by atoms with Crippen molar-refractivity contribution in [3.63, 3.8) is 0 Å². The van der Waals surface area contributed by atoms with Gasteiger partial charge in [-0.2, -0.15) is 0 Å². The summed E-state index contributed by atoms with van der Waals surface area (Å²) in [5.74, 6) is 1.72. The Bertz CT molecular complexity index is 416. The predicted octanol–water partition coefficient (Wildman–Crippen LogP) is 4.41. The van der Waals surface area contributed by atoms with Gasteiger partial charge in [0.25, 0.3) is 0 Å².